The minimum Gasteiger partial charge on any atom is -0.481 e. The number of nitrogens with two attached hydrogens (primary N) is 1. The van der Waals surface area contributed by atoms with Gasteiger partial charge in [0.15, 0.2) is 5.69 Å². The van der Waals surface area contributed by atoms with Crippen molar-refractivity contribution in [3.63, 3.8) is 0 Å². The van der Waals surface area contributed by atoms with Gasteiger partial charge in [-0.05, 0) is 30.2 Å². The molecule has 102 valence electrons. The fourth-order valence-corrected chi connectivity index (χ4v) is 1.87. The number of aromatic amines is 1. The highest BCUT2D eigenvalue weighted by Crippen LogP contribution is 2.27. The van der Waals surface area contributed by atoms with Crippen molar-refractivity contribution in [3.8, 4) is 29.4 Å². The van der Waals surface area contributed by atoms with Crippen LogP contribution >= 0.6 is 0 Å². The minimum atomic E-state index is -0.626. The van der Waals surface area contributed by atoms with Gasteiger partial charge in [-0.3, -0.25) is 4.79 Å². The normalized spacial score (nSPS) is 10.0. The number of hydrogen-bond donors (Lipinski definition) is 2. The zero-order valence-electron chi connectivity index (χ0n) is 11.0. The Balaban J connectivity index is 2.41. The molecule has 0 aliphatic rings. The molecule has 0 bridgehead atoms. The van der Waals surface area contributed by atoms with Gasteiger partial charge in [0.2, 0.25) is 0 Å². The molecule has 6 nitrogen and oxygen atoms in total. The van der Waals surface area contributed by atoms with E-state index in [4.69, 9.17) is 16.9 Å². The van der Waals surface area contributed by atoms with Gasteiger partial charge in [0.05, 0.1) is 0 Å². The quantitative estimate of drug-likeness (QED) is 0.797. The van der Waals surface area contributed by atoms with Crippen molar-refractivity contribution < 1.29 is 9.53 Å². The molecule has 0 atom stereocenters. The number of H-pyrrole nitrogens is 1. The fraction of sp³-hybridized carbons (Fsp3) is 0.214. The first-order valence-corrected chi connectivity index (χ1v) is 6.07. The first kappa shape index (κ1) is 13.6. The zero-order chi connectivity index (χ0) is 14.5. The van der Waals surface area contributed by atoms with Gasteiger partial charge in [-0.25, -0.2) is 0 Å². The molecule has 20 heavy (non-hydrogen) atoms. The van der Waals surface area contributed by atoms with E-state index in [2.05, 4.69) is 21.3 Å². The number of terminal acetylenes is 1. The van der Waals surface area contributed by atoms with E-state index in [0.717, 1.165) is 23.3 Å². The molecule has 1 aromatic heterocycles. The summed E-state index contributed by atoms with van der Waals surface area (Å²) in [5.41, 5.74) is 7.51. The summed E-state index contributed by atoms with van der Waals surface area (Å²) >= 11 is 0. The van der Waals surface area contributed by atoms with Gasteiger partial charge in [-0.15, -0.1) is 6.42 Å². The van der Waals surface area contributed by atoms with Gasteiger partial charge in [0.25, 0.3) is 5.91 Å². The monoisotopic (exact) mass is 270 g/mol. The summed E-state index contributed by atoms with van der Waals surface area (Å²) in [6, 6.07) is 5.47. The first-order valence-electron chi connectivity index (χ1n) is 6.07. The first-order chi connectivity index (χ1) is 9.67. The van der Waals surface area contributed by atoms with E-state index in [9.17, 15) is 4.79 Å². The Kier molecular flexibility index (Phi) is 4.01. The van der Waals surface area contributed by atoms with Crippen molar-refractivity contribution >= 4 is 5.91 Å². The third-order valence-corrected chi connectivity index (χ3v) is 2.81. The zero-order valence-corrected chi connectivity index (χ0v) is 11.0. The smallest absolute Gasteiger partial charge is 0.271 e. The van der Waals surface area contributed by atoms with E-state index in [1.54, 1.807) is 12.1 Å². The van der Waals surface area contributed by atoms with Crippen molar-refractivity contribution in [2.24, 2.45) is 5.73 Å². The maximum atomic E-state index is 11.3. The number of aryl methyl sites for hydroxylation is 1. The SMILES string of the molecule is C#CCOc1ccc(-c2n[nH]nc2C(N)=O)cc1CC. The number of amides is 1. The summed E-state index contributed by atoms with van der Waals surface area (Å²) < 4.78 is 5.46. The van der Waals surface area contributed by atoms with E-state index in [0.29, 0.717) is 5.69 Å². The van der Waals surface area contributed by atoms with E-state index >= 15 is 0 Å². The van der Waals surface area contributed by atoms with Crippen LogP contribution in [0.2, 0.25) is 0 Å². The van der Waals surface area contributed by atoms with Crippen LogP contribution in [0.3, 0.4) is 0 Å². The van der Waals surface area contributed by atoms with E-state index in [1.165, 1.54) is 0 Å². The van der Waals surface area contributed by atoms with E-state index in [-0.39, 0.29) is 12.3 Å². The lowest BCUT2D eigenvalue weighted by atomic mass is 10.0. The fourth-order valence-electron chi connectivity index (χ4n) is 1.87. The third kappa shape index (κ3) is 2.62. The summed E-state index contributed by atoms with van der Waals surface area (Å²) in [4.78, 5) is 11.3. The third-order valence-electron chi connectivity index (χ3n) is 2.81. The second-order valence-corrected chi connectivity index (χ2v) is 4.05. The molecule has 0 aliphatic heterocycles. The molecule has 1 aromatic carbocycles. The number of aromatic nitrogens is 3. The van der Waals surface area contributed by atoms with Crippen LogP contribution in [0.1, 0.15) is 23.0 Å². The number of hydrogen-bond acceptors (Lipinski definition) is 4. The van der Waals surface area contributed by atoms with Gasteiger partial charge >= 0.3 is 0 Å². The number of carbonyl (C=O) groups excluding carboxylic acids is 1. The van der Waals surface area contributed by atoms with Gasteiger partial charge < -0.3 is 10.5 Å². The van der Waals surface area contributed by atoms with Gasteiger partial charge in [0, 0.05) is 5.56 Å². The Morgan fingerprint density at radius 3 is 2.95 bits per heavy atom. The topological polar surface area (TPSA) is 93.9 Å². The molecule has 0 unspecified atom stereocenters. The van der Waals surface area contributed by atoms with Gasteiger partial charge in [-0.1, -0.05) is 12.8 Å². The molecule has 2 aromatic rings. The molecule has 0 saturated carbocycles. The predicted molar refractivity (Wildman–Crippen MR) is 74.0 cm³/mol. The van der Waals surface area contributed by atoms with Crippen LogP contribution in [-0.4, -0.2) is 27.9 Å². The number of benzene rings is 1. The summed E-state index contributed by atoms with van der Waals surface area (Å²) in [7, 11) is 0. The molecule has 0 saturated heterocycles. The largest absolute Gasteiger partial charge is 0.481 e. The average molecular weight is 270 g/mol. The molecule has 6 heteroatoms. The lowest BCUT2D eigenvalue weighted by Crippen LogP contribution is -2.12. The van der Waals surface area contributed by atoms with Crippen LogP contribution in [0.15, 0.2) is 18.2 Å². The summed E-state index contributed by atoms with van der Waals surface area (Å²) in [5.74, 6) is 2.52. The highest BCUT2D eigenvalue weighted by Gasteiger charge is 2.16. The van der Waals surface area contributed by atoms with E-state index in [1.807, 2.05) is 13.0 Å². The predicted octanol–water partition coefficient (Wildman–Crippen LogP) is 1.15. The molecule has 1 amide bonds. The number of carbonyl (C=O) groups is 1. The minimum absolute atomic E-state index is 0.115. The molecule has 0 radical (unpaired) electrons. The number of nitrogens with one attached hydrogen (secondary N) is 1. The Hall–Kier alpha value is -2.81. The van der Waals surface area contributed by atoms with Crippen LogP contribution in [0.5, 0.6) is 5.75 Å². The van der Waals surface area contributed by atoms with Crippen LogP contribution in [0.25, 0.3) is 11.3 Å². The van der Waals surface area contributed by atoms with Crippen molar-refractivity contribution in [1.82, 2.24) is 15.4 Å². The highest BCUT2D eigenvalue weighted by atomic mass is 16.5. The lowest BCUT2D eigenvalue weighted by Gasteiger charge is -2.09. The molecular weight excluding hydrogens is 256 g/mol. The number of primary amides is 1. The molecule has 2 rings (SSSR count). The lowest BCUT2D eigenvalue weighted by molar-refractivity contribution is 0.0996. The Morgan fingerprint density at radius 2 is 2.30 bits per heavy atom. The highest BCUT2D eigenvalue weighted by molar-refractivity contribution is 5.96. The maximum Gasteiger partial charge on any atom is 0.271 e. The Morgan fingerprint density at radius 1 is 1.50 bits per heavy atom. The number of nitrogens with zero attached hydrogens (tertiary/aromatic N) is 2. The van der Waals surface area contributed by atoms with Crippen LogP contribution in [0, 0.1) is 12.3 Å². The van der Waals surface area contributed by atoms with Crippen molar-refractivity contribution in [2.45, 2.75) is 13.3 Å². The van der Waals surface area contributed by atoms with Gasteiger partial charge in [0.1, 0.15) is 18.1 Å². The summed E-state index contributed by atoms with van der Waals surface area (Å²) in [6.07, 6.45) is 5.94. The number of rotatable bonds is 5. The Bertz CT molecular complexity index is 670. The maximum absolute atomic E-state index is 11.3. The molecule has 0 aliphatic carbocycles. The second-order valence-electron chi connectivity index (χ2n) is 4.05. The van der Waals surface area contributed by atoms with Crippen LogP contribution < -0.4 is 10.5 Å². The molecule has 1 heterocycles. The second kappa shape index (κ2) is 5.89. The van der Waals surface area contributed by atoms with Crippen molar-refractivity contribution in [3.05, 3.63) is 29.5 Å². The standard InChI is InChI=1S/C14H14N4O2/c1-3-7-20-11-6-5-10(8-9(11)4-2)12-13(14(15)19)17-18-16-12/h1,5-6,8H,4,7H2,2H3,(H2,15,19)(H,16,17,18). The van der Waals surface area contributed by atoms with Crippen LogP contribution in [-0.2, 0) is 6.42 Å². The van der Waals surface area contributed by atoms with Crippen molar-refractivity contribution in [2.75, 3.05) is 6.61 Å². The Labute approximate surface area is 116 Å². The molecule has 0 spiro atoms. The van der Waals surface area contributed by atoms with Crippen molar-refractivity contribution in [1.29, 1.82) is 0 Å². The summed E-state index contributed by atoms with van der Waals surface area (Å²) in [6.45, 7) is 2.21. The van der Waals surface area contributed by atoms with E-state index < -0.39 is 5.91 Å². The van der Waals surface area contributed by atoms with Gasteiger partial charge in [-0.2, -0.15) is 15.4 Å². The number of ether oxygens (including phenoxy) is 1. The average Bonchev–Trinajstić information content (AvgIpc) is 2.94. The van der Waals surface area contributed by atoms with Crippen LogP contribution in [0.4, 0.5) is 0 Å². The molecular formula is C14H14N4O2. The molecule has 0 fully saturated rings. The summed E-state index contributed by atoms with van der Waals surface area (Å²) in [5, 5.41) is 10.1. The molecule has 3 N–H and O–H groups in total.